The zero-order chi connectivity index (χ0) is 23.4. The maximum Gasteiger partial charge on any atom is 0.345 e. The van der Waals surface area contributed by atoms with Crippen LogP contribution in [0.5, 0.6) is 0 Å². The second-order valence-electron chi connectivity index (χ2n) is 8.58. The van der Waals surface area contributed by atoms with Crippen LogP contribution >= 0.6 is 0 Å². The predicted octanol–water partition coefficient (Wildman–Crippen LogP) is 4.54. The van der Waals surface area contributed by atoms with E-state index < -0.39 is 21.9 Å². The summed E-state index contributed by atoms with van der Waals surface area (Å²) in [5.41, 5.74) is 4.60. The van der Waals surface area contributed by atoms with Crippen LogP contribution in [-0.4, -0.2) is 30.8 Å². The molecule has 2 amide bonds. The number of carbonyl (C=O) groups excluding carboxylic acids is 1. The van der Waals surface area contributed by atoms with Crippen LogP contribution in [0.15, 0.2) is 71.2 Å². The van der Waals surface area contributed by atoms with Crippen LogP contribution in [0.4, 0.5) is 10.5 Å². The molecule has 174 valence electrons. The lowest BCUT2D eigenvalue weighted by molar-refractivity contribution is -0.0671. The van der Waals surface area contributed by atoms with Crippen molar-refractivity contribution in [3.05, 3.63) is 83.0 Å². The van der Waals surface area contributed by atoms with Crippen molar-refractivity contribution in [2.75, 3.05) is 5.32 Å². The predicted molar refractivity (Wildman–Crippen MR) is 127 cm³/mol. The van der Waals surface area contributed by atoms with Crippen LogP contribution in [0, 0.1) is 0 Å². The van der Waals surface area contributed by atoms with E-state index in [2.05, 4.69) is 22.8 Å². The van der Waals surface area contributed by atoms with Gasteiger partial charge in [-0.25, -0.2) is 18.3 Å². The first kappa shape index (κ1) is 23.2. The molecule has 33 heavy (non-hydrogen) atoms. The minimum Gasteiger partial charge on any atom is -0.309 e. The molecule has 1 heterocycles. The van der Waals surface area contributed by atoms with Gasteiger partial charge in [0, 0.05) is 18.8 Å². The number of fused-ring (bicyclic) bond motifs is 1. The highest BCUT2D eigenvalue weighted by molar-refractivity contribution is 7.90. The highest BCUT2D eigenvalue weighted by atomic mass is 32.2. The second-order valence-corrected chi connectivity index (χ2v) is 10.6. The van der Waals surface area contributed by atoms with Crippen LogP contribution in [0.25, 0.3) is 0 Å². The fourth-order valence-electron chi connectivity index (χ4n) is 4.11. The van der Waals surface area contributed by atoms with Crippen LogP contribution in [0.3, 0.4) is 0 Å². The SMILES string of the molecule is CC(CC1=CCCC=C1)N(O)C(=O)Nc1ccc(S(=O)(=O)Cc2ccc3c(c2)CNC3)cc1. The molecule has 4 rings (SSSR count). The lowest BCUT2D eigenvalue weighted by Gasteiger charge is -2.24. The number of rotatable bonds is 7. The van der Waals surface area contributed by atoms with Gasteiger partial charge in [-0.15, -0.1) is 0 Å². The number of hydroxylamine groups is 2. The normalized spacial score (nSPS) is 16.1. The van der Waals surface area contributed by atoms with Crippen LogP contribution in [0.1, 0.15) is 42.9 Å². The number of benzene rings is 2. The van der Waals surface area contributed by atoms with E-state index in [0.717, 1.165) is 42.6 Å². The average Bonchev–Trinajstić information content (AvgIpc) is 3.27. The summed E-state index contributed by atoms with van der Waals surface area (Å²) in [4.78, 5) is 12.6. The molecule has 0 aromatic heterocycles. The van der Waals surface area contributed by atoms with E-state index >= 15 is 0 Å². The lowest BCUT2D eigenvalue weighted by atomic mass is 10.0. The summed E-state index contributed by atoms with van der Waals surface area (Å²) < 4.78 is 25.7. The summed E-state index contributed by atoms with van der Waals surface area (Å²) in [5.74, 6) is -0.0851. The van der Waals surface area contributed by atoms with Crippen molar-refractivity contribution in [1.29, 1.82) is 0 Å². The van der Waals surface area contributed by atoms with Crippen molar-refractivity contribution in [3.8, 4) is 0 Å². The molecule has 2 aliphatic rings. The van der Waals surface area contributed by atoms with Gasteiger partial charge in [-0.2, -0.15) is 0 Å². The fraction of sp³-hybridized carbons (Fsp3) is 0.320. The molecule has 0 fully saturated rings. The Labute approximate surface area is 194 Å². The summed E-state index contributed by atoms with van der Waals surface area (Å²) in [7, 11) is -3.53. The Kier molecular flexibility index (Phi) is 6.97. The van der Waals surface area contributed by atoms with Crippen LogP contribution in [0.2, 0.25) is 0 Å². The Morgan fingerprint density at radius 3 is 2.61 bits per heavy atom. The number of urea groups is 1. The third-order valence-electron chi connectivity index (χ3n) is 5.95. The van der Waals surface area contributed by atoms with E-state index in [1.807, 2.05) is 24.3 Å². The number of amides is 2. The number of anilines is 1. The van der Waals surface area contributed by atoms with Gasteiger partial charge in [-0.05, 0) is 67.1 Å². The number of nitrogens with one attached hydrogen (secondary N) is 2. The van der Waals surface area contributed by atoms with Gasteiger partial charge < -0.3 is 10.6 Å². The Hall–Kier alpha value is -2.94. The van der Waals surface area contributed by atoms with Gasteiger partial charge in [0.2, 0.25) is 0 Å². The van der Waals surface area contributed by atoms with Gasteiger partial charge in [-0.1, -0.05) is 42.0 Å². The maximum absolute atomic E-state index is 12.9. The molecule has 8 heteroatoms. The molecule has 0 bridgehead atoms. The minimum absolute atomic E-state index is 0.0851. The number of hydrogen-bond acceptors (Lipinski definition) is 5. The zero-order valence-corrected chi connectivity index (χ0v) is 19.4. The molecular formula is C25H29N3O4S. The fourth-order valence-corrected chi connectivity index (χ4v) is 5.45. The van der Waals surface area contributed by atoms with Gasteiger partial charge in [-0.3, -0.25) is 5.21 Å². The summed E-state index contributed by atoms with van der Waals surface area (Å²) in [6.07, 6.45) is 8.75. The first-order chi connectivity index (χ1) is 15.8. The Morgan fingerprint density at radius 2 is 1.88 bits per heavy atom. The van der Waals surface area contributed by atoms with E-state index in [1.54, 1.807) is 6.92 Å². The third kappa shape index (κ3) is 5.71. The molecule has 0 saturated heterocycles. The number of hydrogen-bond donors (Lipinski definition) is 3. The summed E-state index contributed by atoms with van der Waals surface area (Å²) >= 11 is 0. The molecule has 3 N–H and O–H groups in total. The molecular weight excluding hydrogens is 438 g/mol. The summed E-state index contributed by atoms with van der Waals surface area (Å²) in [6, 6.07) is 10.7. The number of sulfone groups is 1. The van der Waals surface area contributed by atoms with Crippen molar-refractivity contribution in [2.45, 2.75) is 56.0 Å². The molecule has 0 saturated carbocycles. The van der Waals surface area contributed by atoms with E-state index in [4.69, 9.17) is 0 Å². The van der Waals surface area contributed by atoms with Gasteiger partial charge in [0.15, 0.2) is 9.84 Å². The molecule has 0 spiro atoms. The van der Waals surface area contributed by atoms with Gasteiger partial charge in [0.1, 0.15) is 0 Å². The quantitative estimate of drug-likeness (QED) is 0.410. The first-order valence-electron chi connectivity index (χ1n) is 11.1. The van der Waals surface area contributed by atoms with E-state index in [1.165, 1.54) is 29.8 Å². The van der Waals surface area contributed by atoms with Crippen molar-refractivity contribution >= 4 is 21.6 Å². The van der Waals surface area contributed by atoms with Gasteiger partial charge in [0.25, 0.3) is 0 Å². The van der Waals surface area contributed by atoms with Crippen LogP contribution in [-0.2, 0) is 28.7 Å². The largest absolute Gasteiger partial charge is 0.345 e. The lowest BCUT2D eigenvalue weighted by Crippen LogP contribution is -2.39. The molecule has 1 unspecified atom stereocenters. The first-order valence-corrected chi connectivity index (χ1v) is 12.8. The van der Waals surface area contributed by atoms with Crippen molar-refractivity contribution in [2.24, 2.45) is 0 Å². The van der Waals surface area contributed by atoms with Crippen molar-refractivity contribution in [1.82, 2.24) is 10.4 Å². The van der Waals surface area contributed by atoms with Crippen molar-refractivity contribution in [3.63, 3.8) is 0 Å². The average molecular weight is 468 g/mol. The van der Waals surface area contributed by atoms with E-state index in [0.29, 0.717) is 17.2 Å². The Balaban J connectivity index is 1.36. The molecule has 1 aliphatic heterocycles. The smallest absolute Gasteiger partial charge is 0.309 e. The van der Waals surface area contributed by atoms with Gasteiger partial charge >= 0.3 is 6.03 Å². The topological polar surface area (TPSA) is 98.7 Å². The van der Waals surface area contributed by atoms with E-state index in [9.17, 15) is 18.4 Å². The molecule has 2 aromatic carbocycles. The Morgan fingerprint density at radius 1 is 1.12 bits per heavy atom. The van der Waals surface area contributed by atoms with E-state index in [-0.39, 0.29) is 10.6 Å². The standard InChI is InChI=1S/C25H29N3O4S/c1-18(13-19-5-3-2-4-6-19)28(30)25(29)27-23-9-11-24(12-10-23)33(31,32)17-20-7-8-21-15-26-16-22(21)14-20/h3,5-12,14,18,26,30H,2,4,13,15-17H2,1H3,(H,27,29). The second kappa shape index (κ2) is 9.91. The summed E-state index contributed by atoms with van der Waals surface area (Å²) in [6.45, 7) is 3.34. The Bertz CT molecular complexity index is 1190. The van der Waals surface area contributed by atoms with Crippen molar-refractivity contribution < 1.29 is 18.4 Å². The molecule has 1 atom stereocenters. The maximum atomic E-state index is 12.9. The number of carbonyl (C=O) groups is 1. The molecule has 0 radical (unpaired) electrons. The highest BCUT2D eigenvalue weighted by Gasteiger charge is 2.21. The molecule has 1 aliphatic carbocycles. The third-order valence-corrected chi connectivity index (χ3v) is 7.66. The number of nitrogens with zero attached hydrogens (tertiary/aromatic N) is 1. The zero-order valence-electron chi connectivity index (χ0n) is 18.6. The number of allylic oxidation sites excluding steroid dienone is 3. The van der Waals surface area contributed by atoms with Gasteiger partial charge in [0.05, 0.1) is 16.7 Å². The highest BCUT2D eigenvalue weighted by Crippen LogP contribution is 2.23. The van der Waals surface area contributed by atoms with Crippen LogP contribution < -0.4 is 10.6 Å². The summed E-state index contributed by atoms with van der Waals surface area (Å²) in [5, 5.41) is 16.8. The molecule has 2 aromatic rings. The minimum atomic E-state index is -3.53. The molecule has 7 nitrogen and oxygen atoms in total. The monoisotopic (exact) mass is 467 g/mol.